The van der Waals surface area contributed by atoms with Crippen LogP contribution < -0.4 is 10.2 Å². The van der Waals surface area contributed by atoms with E-state index in [2.05, 4.69) is 47.1 Å². The number of benzene rings is 1. The van der Waals surface area contributed by atoms with Crippen LogP contribution in [0.5, 0.6) is 11.5 Å². The van der Waals surface area contributed by atoms with Crippen molar-refractivity contribution >= 4 is 44.2 Å². The first-order valence-corrected chi connectivity index (χ1v) is 6.21. The van der Waals surface area contributed by atoms with Crippen molar-refractivity contribution in [2.45, 2.75) is 0 Å². The number of hydrogen-bond acceptors (Lipinski definition) is 5. The average Bonchev–Trinajstić information content (AvgIpc) is 2.38. The summed E-state index contributed by atoms with van der Waals surface area (Å²) in [5, 5.41) is 13.4. The molecule has 1 amide bonds. The lowest BCUT2D eigenvalue weighted by Gasteiger charge is -2.09. The number of ether oxygens (including phenoxy) is 2. The molecule has 0 aliphatic carbocycles. The number of rotatable bonds is 3. The maximum absolute atomic E-state index is 10.8. The predicted octanol–water partition coefficient (Wildman–Crippen LogP) is 2.62. The van der Waals surface area contributed by atoms with E-state index in [1.54, 1.807) is 6.07 Å². The van der Waals surface area contributed by atoms with Crippen molar-refractivity contribution in [3.63, 3.8) is 0 Å². The molecule has 1 aromatic rings. The van der Waals surface area contributed by atoms with Crippen molar-refractivity contribution in [2.24, 2.45) is 5.10 Å². The van der Waals surface area contributed by atoms with Crippen molar-refractivity contribution < 1.29 is 19.4 Å². The van der Waals surface area contributed by atoms with Gasteiger partial charge in [-0.3, -0.25) is 0 Å². The van der Waals surface area contributed by atoms with Crippen LogP contribution in [0.3, 0.4) is 0 Å². The summed E-state index contributed by atoms with van der Waals surface area (Å²) in [6.07, 6.45) is 0.709. The van der Waals surface area contributed by atoms with Crippen LogP contribution >= 0.6 is 31.9 Å². The molecule has 2 N–H and O–H groups in total. The third kappa shape index (κ3) is 3.36. The number of phenols is 1. The summed E-state index contributed by atoms with van der Waals surface area (Å²) in [7, 11) is 2.67. The molecule has 1 aromatic carbocycles. The van der Waals surface area contributed by atoms with Crippen LogP contribution in [0.4, 0.5) is 4.79 Å². The number of aromatic hydroxyl groups is 1. The van der Waals surface area contributed by atoms with Gasteiger partial charge in [-0.1, -0.05) is 0 Å². The summed E-state index contributed by atoms with van der Waals surface area (Å²) in [5.74, 6) is 0.257. The molecule has 0 aliphatic rings. The molecule has 18 heavy (non-hydrogen) atoms. The van der Waals surface area contributed by atoms with Crippen molar-refractivity contribution in [1.82, 2.24) is 5.43 Å². The second-order valence-electron chi connectivity index (χ2n) is 3.01. The average molecular weight is 382 g/mol. The Hall–Kier alpha value is -1.28. The summed E-state index contributed by atoms with van der Waals surface area (Å²) >= 11 is 6.49. The fourth-order valence-electron chi connectivity index (χ4n) is 1.06. The molecule has 0 saturated carbocycles. The molecule has 0 atom stereocenters. The molecule has 0 spiro atoms. The molecule has 1 rings (SSSR count). The number of phenolic OH excluding ortho intramolecular Hbond substituents is 1. The standard InChI is InChI=1S/C10H10Br2N2O4/c1-17-6-3-5(4-13-14-10(16)18-2)7(11)8(12)9(6)15/h3-4,15H,1-2H3,(H,14,16)/b13-4-. The Kier molecular flexibility index (Phi) is 5.42. The van der Waals surface area contributed by atoms with Crippen LogP contribution in [-0.2, 0) is 4.74 Å². The molecule has 0 bridgehead atoms. The second kappa shape index (κ2) is 6.60. The number of halogens is 2. The van der Waals surface area contributed by atoms with E-state index in [4.69, 9.17) is 4.74 Å². The molecule has 0 saturated heterocycles. The summed E-state index contributed by atoms with van der Waals surface area (Å²) in [6.45, 7) is 0. The maximum Gasteiger partial charge on any atom is 0.427 e. The van der Waals surface area contributed by atoms with Gasteiger partial charge in [0.05, 0.1) is 24.9 Å². The fraction of sp³-hybridized carbons (Fsp3) is 0.200. The third-order valence-electron chi connectivity index (χ3n) is 1.94. The van der Waals surface area contributed by atoms with Gasteiger partial charge in [-0.15, -0.1) is 0 Å². The Morgan fingerprint density at radius 1 is 1.44 bits per heavy atom. The van der Waals surface area contributed by atoms with Gasteiger partial charge in [0.15, 0.2) is 11.5 Å². The van der Waals surface area contributed by atoms with E-state index in [9.17, 15) is 9.90 Å². The lowest BCUT2D eigenvalue weighted by atomic mass is 10.2. The van der Waals surface area contributed by atoms with Crippen LogP contribution in [0.2, 0.25) is 0 Å². The largest absolute Gasteiger partial charge is 0.503 e. The highest BCUT2D eigenvalue weighted by molar-refractivity contribution is 9.13. The second-order valence-corrected chi connectivity index (χ2v) is 4.59. The summed E-state index contributed by atoms with van der Waals surface area (Å²) in [5.41, 5.74) is 2.75. The van der Waals surface area contributed by atoms with Crippen molar-refractivity contribution in [3.8, 4) is 11.5 Å². The number of nitrogens with one attached hydrogen (secondary N) is 1. The van der Waals surface area contributed by atoms with Crippen LogP contribution in [0, 0.1) is 0 Å². The molecule has 0 heterocycles. The summed E-state index contributed by atoms with van der Waals surface area (Å²) in [6, 6.07) is 1.56. The van der Waals surface area contributed by atoms with E-state index in [-0.39, 0.29) is 11.5 Å². The molecule has 98 valence electrons. The topological polar surface area (TPSA) is 80.2 Å². The van der Waals surface area contributed by atoms with Gasteiger partial charge >= 0.3 is 6.09 Å². The third-order valence-corrected chi connectivity index (χ3v) is 4.10. The minimum atomic E-state index is -0.674. The van der Waals surface area contributed by atoms with Crippen LogP contribution in [0.25, 0.3) is 0 Å². The first-order valence-electron chi connectivity index (χ1n) is 4.63. The number of amides is 1. The van der Waals surface area contributed by atoms with Crippen molar-refractivity contribution in [3.05, 3.63) is 20.6 Å². The van der Waals surface area contributed by atoms with E-state index in [0.717, 1.165) is 0 Å². The summed E-state index contributed by atoms with van der Waals surface area (Å²) in [4.78, 5) is 10.8. The SMILES string of the molecule is COC(=O)N/N=C\c1cc(OC)c(O)c(Br)c1Br. The minimum absolute atomic E-state index is 0.0255. The number of hydrogen-bond donors (Lipinski definition) is 2. The van der Waals surface area contributed by atoms with Gasteiger partial charge in [-0.25, -0.2) is 10.2 Å². The number of hydrazone groups is 1. The van der Waals surface area contributed by atoms with Gasteiger partial charge in [0, 0.05) is 10.0 Å². The van der Waals surface area contributed by atoms with E-state index >= 15 is 0 Å². The number of carbonyl (C=O) groups is 1. The zero-order chi connectivity index (χ0) is 13.7. The minimum Gasteiger partial charge on any atom is -0.503 e. The van der Waals surface area contributed by atoms with Gasteiger partial charge < -0.3 is 14.6 Å². The highest BCUT2D eigenvalue weighted by Gasteiger charge is 2.13. The van der Waals surface area contributed by atoms with Gasteiger partial charge in [0.1, 0.15) is 0 Å². The fourth-order valence-corrected chi connectivity index (χ4v) is 1.89. The molecule has 8 heteroatoms. The number of carbonyl (C=O) groups excluding carboxylic acids is 1. The Labute approximate surface area is 120 Å². The van der Waals surface area contributed by atoms with Crippen molar-refractivity contribution in [2.75, 3.05) is 14.2 Å². The smallest absolute Gasteiger partial charge is 0.427 e. The quantitative estimate of drug-likeness (QED) is 0.623. The van der Waals surface area contributed by atoms with Crippen LogP contribution in [-0.4, -0.2) is 31.6 Å². The molecular weight excluding hydrogens is 372 g/mol. The van der Waals surface area contributed by atoms with E-state index in [0.29, 0.717) is 14.5 Å². The van der Waals surface area contributed by atoms with Gasteiger partial charge in [-0.2, -0.15) is 5.10 Å². The van der Waals surface area contributed by atoms with Gasteiger partial charge in [0.25, 0.3) is 0 Å². The molecule has 6 nitrogen and oxygen atoms in total. The Morgan fingerprint density at radius 3 is 2.67 bits per heavy atom. The molecule has 0 fully saturated rings. The molecule has 0 radical (unpaired) electrons. The normalized spacial score (nSPS) is 10.4. The Balaban J connectivity index is 3.02. The molecule has 0 aromatic heterocycles. The highest BCUT2D eigenvalue weighted by atomic mass is 79.9. The van der Waals surface area contributed by atoms with Crippen molar-refractivity contribution in [1.29, 1.82) is 0 Å². The zero-order valence-corrected chi connectivity index (χ0v) is 12.7. The first-order chi connectivity index (χ1) is 8.51. The van der Waals surface area contributed by atoms with Crippen LogP contribution in [0.15, 0.2) is 20.1 Å². The Morgan fingerprint density at radius 2 is 2.11 bits per heavy atom. The maximum atomic E-state index is 10.8. The lowest BCUT2D eigenvalue weighted by molar-refractivity contribution is 0.171. The number of nitrogens with zero attached hydrogens (tertiary/aromatic N) is 1. The first kappa shape index (κ1) is 14.8. The van der Waals surface area contributed by atoms with E-state index in [1.807, 2.05) is 0 Å². The van der Waals surface area contributed by atoms with E-state index < -0.39 is 6.09 Å². The van der Waals surface area contributed by atoms with Gasteiger partial charge in [0.2, 0.25) is 0 Å². The lowest BCUT2D eigenvalue weighted by Crippen LogP contribution is -2.16. The predicted molar refractivity (Wildman–Crippen MR) is 73.2 cm³/mol. The monoisotopic (exact) mass is 380 g/mol. The molecule has 0 unspecified atom stereocenters. The molecular formula is C10H10Br2N2O4. The highest BCUT2D eigenvalue weighted by Crippen LogP contribution is 2.41. The van der Waals surface area contributed by atoms with E-state index in [1.165, 1.54) is 20.4 Å². The summed E-state index contributed by atoms with van der Waals surface area (Å²) < 4.78 is 10.4. The van der Waals surface area contributed by atoms with Crippen LogP contribution in [0.1, 0.15) is 5.56 Å². The number of methoxy groups -OCH3 is 2. The van der Waals surface area contributed by atoms with Gasteiger partial charge in [-0.05, 0) is 37.9 Å². The Bertz CT molecular complexity index is 491. The zero-order valence-electron chi connectivity index (χ0n) is 9.53. The molecule has 0 aliphatic heterocycles.